The lowest BCUT2D eigenvalue weighted by molar-refractivity contribution is 1.29. The van der Waals surface area contributed by atoms with Crippen molar-refractivity contribution >= 4 is 60.2 Å². The highest BCUT2D eigenvalue weighted by molar-refractivity contribution is 6.09. The van der Waals surface area contributed by atoms with Crippen LogP contribution in [-0.2, 0) is 0 Å². The largest absolute Gasteiger partial charge is 0.310 e. The Labute approximate surface area is 309 Å². The molecule has 1 nitrogen and oxygen atoms in total. The minimum absolute atomic E-state index is 1.10. The summed E-state index contributed by atoms with van der Waals surface area (Å²) in [5.74, 6) is 0. The molecule has 0 bridgehead atoms. The fourth-order valence-corrected chi connectivity index (χ4v) is 8.07. The number of fused-ring (bicyclic) bond motifs is 5. The van der Waals surface area contributed by atoms with Gasteiger partial charge in [-0.3, -0.25) is 0 Å². The van der Waals surface area contributed by atoms with Crippen LogP contribution >= 0.6 is 0 Å². The van der Waals surface area contributed by atoms with Crippen LogP contribution in [0.4, 0.5) is 17.1 Å². The maximum atomic E-state index is 2.41. The average molecular weight is 674 g/mol. The molecule has 0 radical (unpaired) electrons. The minimum Gasteiger partial charge on any atom is -0.310 e. The van der Waals surface area contributed by atoms with Gasteiger partial charge in [-0.15, -0.1) is 0 Å². The van der Waals surface area contributed by atoms with Crippen LogP contribution in [-0.4, -0.2) is 0 Å². The van der Waals surface area contributed by atoms with Crippen LogP contribution in [0.25, 0.3) is 76.5 Å². The molecule has 0 amide bonds. The third-order valence-electron chi connectivity index (χ3n) is 10.6. The predicted octanol–water partition coefficient (Wildman–Crippen LogP) is 14.8. The molecule has 0 saturated carbocycles. The molecule has 0 aliphatic carbocycles. The van der Waals surface area contributed by atoms with Gasteiger partial charge in [0.1, 0.15) is 0 Å². The van der Waals surface area contributed by atoms with E-state index in [4.69, 9.17) is 0 Å². The van der Waals surface area contributed by atoms with E-state index in [9.17, 15) is 0 Å². The zero-order valence-electron chi connectivity index (χ0n) is 29.2. The minimum atomic E-state index is 1.10. The normalized spacial score (nSPS) is 11.4. The van der Waals surface area contributed by atoms with Gasteiger partial charge >= 0.3 is 0 Å². The Hall–Kier alpha value is -6.96. The Bertz CT molecular complexity index is 2930. The summed E-state index contributed by atoms with van der Waals surface area (Å²) in [4.78, 5) is 2.41. The van der Waals surface area contributed by atoms with Crippen LogP contribution in [0.1, 0.15) is 0 Å². The molecule has 0 fully saturated rings. The second-order valence-electron chi connectivity index (χ2n) is 13.7. The summed E-state index contributed by atoms with van der Waals surface area (Å²) in [6.07, 6.45) is 0. The number of hydrogen-bond acceptors (Lipinski definition) is 1. The standard InChI is InChI=1S/C52H35N/c1-2-12-36(13-3-1)49-33-32-44(35-52(49)50-23-11-18-38-15-5-8-20-47(38)50)53(43-31-28-41-25-24-39-16-6-9-21-48(39)51(41)34-43)42-29-26-40(27-30-42)46-22-10-17-37-14-4-7-19-45(37)46/h1-35H. The van der Waals surface area contributed by atoms with E-state index in [1.807, 2.05) is 0 Å². The molecule has 10 rings (SSSR count). The molecule has 1 heteroatoms. The van der Waals surface area contributed by atoms with Gasteiger partial charge in [0.2, 0.25) is 0 Å². The number of rotatable bonds is 6. The van der Waals surface area contributed by atoms with E-state index in [1.54, 1.807) is 0 Å². The van der Waals surface area contributed by atoms with Crippen LogP contribution in [0.3, 0.4) is 0 Å². The summed E-state index contributed by atoms with van der Waals surface area (Å²) in [7, 11) is 0. The zero-order valence-corrected chi connectivity index (χ0v) is 29.2. The summed E-state index contributed by atoms with van der Waals surface area (Å²) in [6.45, 7) is 0. The summed E-state index contributed by atoms with van der Waals surface area (Å²) in [5.41, 5.74) is 10.6. The van der Waals surface area contributed by atoms with Crippen molar-refractivity contribution < 1.29 is 0 Å². The van der Waals surface area contributed by atoms with Gasteiger partial charge in [-0.1, -0.05) is 176 Å². The molecule has 0 N–H and O–H groups in total. The molecule has 0 spiro atoms. The monoisotopic (exact) mass is 673 g/mol. The summed E-state index contributed by atoms with van der Waals surface area (Å²) >= 11 is 0. The maximum absolute atomic E-state index is 2.41. The van der Waals surface area contributed by atoms with Crippen molar-refractivity contribution in [1.82, 2.24) is 0 Å². The van der Waals surface area contributed by atoms with Crippen molar-refractivity contribution in [1.29, 1.82) is 0 Å². The fraction of sp³-hybridized carbons (Fsp3) is 0. The average Bonchev–Trinajstić information content (AvgIpc) is 3.24. The first kappa shape index (κ1) is 30.8. The second kappa shape index (κ2) is 13.0. The Morgan fingerprint density at radius 2 is 0.698 bits per heavy atom. The highest BCUT2D eigenvalue weighted by atomic mass is 15.1. The predicted molar refractivity (Wildman–Crippen MR) is 227 cm³/mol. The van der Waals surface area contributed by atoms with Crippen LogP contribution in [0, 0.1) is 0 Å². The molecule has 53 heavy (non-hydrogen) atoms. The molecule has 10 aromatic rings. The lowest BCUT2D eigenvalue weighted by atomic mass is 9.90. The fourth-order valence-electron chi connectivity index (χ4n) is 8.07. The van der Waals surface area contributed by atoms with E-state index in [0.717, 1.165) is 17.1 Å². The SMILES string of the molecule is c1ccc(-c2ccc(N(c3ccc(-c4cccc5ccccc45)cc3)c3ccc4ccc5ccccc5c4c3)cc2-c2cccc3ccccc23)cc1. The van der Waals surface area contributed by atoms with Crippen LogP contribution in [0.2, 0.25) is 0 Å². The van der Waals surface area contributed by atoms with Gasteiger partial charge in [-0.05, 0) is 113 Å². The van der Waals surface area contributed by atoms with Crippen molar-refractivity contribution in [2.75, 3.05) is 4.90 Å². The van der Waals surface area contributed by atoms with Gasteiger partial charge in [0, 0.05) is 17.1 Å². The highest BCUT2D eigenvalue weighted by Gasteiger charge is 2.19. The van der Waals surface area contributed by atoms with Crippen molar-refractivity contribution in [3.63, 3.8) is 0 Å². The van der Waals surface area contributed by atoms with E-state index in [-0.39, 0.29) is 0 Å². The quantitative estimate of drug-likeness (QED) is 0.159. The Kier molecular flexibility index (Phi) is 7.55. The number of benzene rings is 10. The first-order chi connectivity index (χ1) is 26.3. The third kappa shape index (κ3) is 5.51. The van der Waals surface area contributed by atoms with E-state index in [2.05, 4.69) is 217 Å². The molecule has 0 unspecified atom stereocenters. The number of hydrogen-bond donors (Lipinski definition) is 0. The molecular formula is C52H35N. The molecule has 0 aliphatic rings. The first-order valence-corrected chi connectivity index (χ1v) is 18.3. The molecule has 0 heterocycles. The van der Waals surface area contributed by atoms with Crippen molar-refractivity contribution in [2.45, 2.75) is 0 Å². The zero-order chi connectivity index (χ0) is 35.1. The third-order valence-corrected chi connectivity index (χ3v) is 10.6. The maximum Gasteiger partial charge on any atom is 0.0468 e. The molecule has 0 saturated heterocycles. The second-order valence-corrected chi connectivity index (χ2v) is 13.7. The van der Waals surface area contributed by atoms with Crippen molar-refractivity contribution in [3.8, 4) is 33.4 Å². The van der Waals surface area contributed by atoms with E-state index >= 15 is 0 Å². The molecule has 0 aromatic heterocycles. The van der Waals surface area contributed by atoms with Crippen LogP contribution < -0.4 is 4.90 Å². The summed E-state index contributed by atoms with van der Waals surface area (Å²) in [5, 5.41) is 9.96. The van der Waals surface area contributed by atoms with Gasteiger partial charge in [0.25, 0.3) is 0 Å². The Morgan fingerprint density at radius 1 is 0.226 bits per heavy atom. The molecule has 10 aromatic carbocycles. The van der Waals surface area contributed by atoms with Crippen LogP contribution in [0.15, 0.2) is 212 Å². The Balaban J connectivity index is 1.20. The lowest BCUT2D eigenvalue weighted by Crippen LogP contribution is -2.10. The van der Waals surface area contributed by atoms with Gasteiger partial charge in [0.15, 0.2) is 0 Å². The number of anilines is 3. The number of nitrogens with zero attached hydrogens (tertiary/aromatic N) is 1. The summed E-state index contributed by atoms with van der Waals surface area (Å²) < 4.78 is 0. The smallest absolute Gasteiger partial charge is 0.0468 e. The van der Waals surface area contributed by atoms with E-state index in [1.165, 1.54) is 76.5 Å². The lowest BCUT2D eigenvalue weighted by Gasteiger charge is -2.27. The topological polar surface area (TPSA) is 3.24 Å². The van der Waals surface area contributed by atoms with Crippen molar-refractivity contribution in [2.24, 2.45) is 0 Å². The first-order valence-electron chi connectivity index (χ1n) is 18.3. The molecular weight excluding hydrogens is 639 g/mol. The van der Waals surface area contributed by atoms with Gasteiger partial charge < -0.3 is 4.90 Å². The summed E-state index contributed by atoms with van der Waals surface area (Å²) in [6, 6.07) is 77.4. The molecule has 0 atom stereocenters. The highest BCUT2D eigenvalue weighted by Crippen LogP contribution is 2.44. The molecule has 248 valence electrons. The van der Waals surface area contributed by atoms with Gasteiger partial charge in [0.05, 0.1) is 0 Å². The van der Waals surface area contributed by atoms with Crippen LogP contribution in [0.5, 0.6) is 0 Å². The van der Waals surface area contributed by atoms with Gasteiger partial charge in [-0.25, -0.2) is 0 Å². The van der Waals surface area contributed by atoms with Crippen molar-refractivity contribution in [3.05, 3.63) is 212 Å². The molecule has 0 aliphatic heterocycles. The van der Waals surface area contributed by atoms with Gasteiger partial charge in [-0.2, -0.15) is 0 Å². The van der Waals surface area contributed by atoms with E-state index in [0.29, 0.717) is 0 Å². The van der Waals surface area contributed by atoms with E-state index < -0.39 is 0 Å². The Morgan fingerprint density at radius 3 is 1.42 bits per heavy atom.